The summed E-state index contributed by atoms with van der Waals surface area (Å²) in [5, 5.41) is 10.9. The highest BCUT2D eigenvalue weighted by atomic mass is 16.5. The number of aliphatic carboxylic acids is 1. The summed E-state index contributed by atoms with van der Waals surface area (Å²) < 4.78 is 5.96. The second-order valence-corrected chi connectivity index (χ2v) is 12.6. The summed E-state index contributed by atoms with van der Waals surface area (Å²) in [7, 11) is 5.86. The van der Waals surface area contributed by atoms with E-state index in [0.717, 1.165) is 25.2 Å². The number of carbonyl (C=O) groups excluding carboxylic acids is 2. The molecule has 2 unspecified atom stereocenters. The quantitative estimate of drug-likeness (QED) is 0.0629. The summed E-state index contributed by atoms with van der Waals surface area (Å²) >= 11 is 0. The molecule has 0 amide bonds. The van der Waals surface area contributed by atoms with E-state index in [1.165, 1.54) is 109 Å². The molecular weight excluding hydrogens is 462 g/mol. The van der Waals surface area contributed by atoms with Gasteiger partial charge in [-0.2, -0.15) is 0 Å². The van der Waals surface area contributed by atoms with Gasteiger partial charge in [-0.15, -0.1) is 0 Å². The van der Waals surface area contributed by atoms with Crippen LogP contribution in [0.1, 0.15) is 155 Å². The number of hydrogen-bond donors (Lipinski definition) is 0. The first-order valence-corrected chi connectivity index (χ1v) is 15.8. The Morgan fingerprint density at radius 3 is 1.49 bits per heavy atom. The number of carbonyl (C=O) groups is 2. The third-order valence-corrected chi connectivity index (χ3v) is 7.32. The molecule has 0 aromatic carbocycles. The predicted molar refractivity (Wildman–Crippen MR) is 154 cm³/mol. The van der Waals surface area contributed by atoms with E-state index in [0.29, 0.717) is 17.4 Å². The Kier molecular flexibility index (Phi) is 23.3. The van der Waals surface area contributed by atoms with Crippen molar-refractivity contribution < 1.29 is 23.9 Å². The van der Waals surface area contributed by atoms with Gasteiger partial charge in [0.25, 0.3) is 0 Å². The van der Waals surface area contributed by atoms with Gasteiger partial charge in [0.2, 0.25) is 0 Å². The smallest absolute Gasteiger partial charge is 0.306 e. The molecule has 0 saturated heterocycles. The van der Waals surface area contributed by atoms with Crippen LogP contribution in [0.4, 0.5) is 0 Å². The van der Waals surface area contributed by atoms with Gasteiger partial charge in [-0.25, -0.2) is 0 Å². The summed E-state index contributed by atoms with van der Waals surface area (Å²) in [5.74, 6) is -0.550. The molecule has 2 atom stereocenters. The lowest BCUT2D eigenvalue weighted by atomic mass is 9.95. The molecule has 220 valence electrons. The summed E-state index contributed by atoms with van der Waals surface area (Å²) in [6.07, 6.45) is 26.1. The number of esters is 1. The summed E-state index contributed by atoms with van der Waals surface area (Å²) in [6.45, 7) is 5.20. The van der Waals surface area contributed by atoms with Gasteiger partial charge in [0.05, 0.1) is 21.1 Å². The Morgan fingerprint density at radius 1 is 0.676 bits per heavy atom. The van der Waals surface area contributed by atoms with E-state index >= 15 is 0 Å². The fourth-order valence-electron chi connectivity index (χ4n) is 5.13. The lowest BCUT2D eigenvalue weighted by molar-refractivity contribution is -0.873. The second kappa shape index (κ2) is 24.0. The zero-order valence-electron chi connectivity index (χ0n) is 25.5. The van der Waals surface area contributed by atoms with Crippen LogP contribution in [0.5, 0.6) is 0 Å². The number of ether oxygens (including phenoxy) is 1. The van der Waals surface area contributed by atoms with Gasteiger partial charge in [-0.05, 0) is 12.3 Å². The number of carboxylic acid groups (broad SMARTS) is 1. The maximum Gasteiger partial charge on any atom is 0.306 e. The van der Waals surface area contributed by atoms with Crippen molar-refractivity contribution in [1.29, 1.82) is 0 Å². The first kappa shape index (κ1) is 35.9. The second-order valence-electron chi connectivity index (χ2n) is 12.6. The minimum absolute atomic E-state index is 0.236. The standard InChI is InChI=1S/C32H63NO4/c1-6-7-8-9-15-18-21-24-29(2)25-22-19-16-13-11-10-12-14-17-20-23-26-32(36)37-30(27-31(34)35)28-33(3,4)5/h29-30H,6-28H2,1-5H3. The Balaban J connectivity index is 3.50. The molecule has 5 heteroatoms. The molecule has 5 nitrogen and oxygen atoms in total. The van der Waals surface area contributed by atoms with Crippen LogP contribution in [-0.4, -0.2) is 50.2 Å². The van der Waals surface area contributed by atoms with Crippen LogP contribution < -0.4 is 5.11 Å². The van der Waals surface area contributed by atoms with E-state index in [1.807, 2.05) is 21.1 Å². The number of rotatable bonds is 27. The maximum absolute atomic E-state index is 12.1. The molecule has 0 aliphatic heterocycles. The molecule has 0 rings (SSSR count). The molecule has 0 spiro atoms. The van der Waals surface area contributed by atoms with Crippen molar-refractivity contribution in [2.75, 3.05) is 27.7 Å². The fraction of sp³-hybridized carbons (Fsp3) is 0.938. The van der Waals surface area contributed by atoms with E-state index < -0.39 is 12.1 Å². The third kappa shape index (κ3) is 27.7. The van der Waals surface area contributed by atoms with Crippen molar-refractivity contribution in [3.8, 4) is 0 Å². The molecule has 0 aromatic rings. The number of quaternary nitrogens is 1. The molecule has 0 aromatic heterocycles. The van der Waals surface area contributed by atoms with Crippen LogP contribution in [0, 0.1) is 5.92 Å². The molecule has 0 radical (unpaired) electrons. The highest BCUT2D eigenvalue weighted by molar-refractivity contribution is 5.70. The van der Waals surface area contributed by atoms with E-state index in [1.54, 1.807) is 0 Å². The Bertz CT molecular complexity index is 543. The number of nitrogens with zero attached hydrogens (tertiary/aromatic N) is 1. The van der Waals surface area contributed by atoms with Crippen LogP contribution in [0.3, 0.4) is 0 Å². The Morgan fingerprint density at radius 2 is 1.08 bits per heavy atom. The Hall–Kier alpha value is -1.10. The van der Waals surface area contributed by atoms with Crippen molar-refractivity contribution in [3.63, 3.8) is 0 Å². The van der Waals surface area contributed by atoms with Gasteiger partial charge in [0.15, 0.2) is 6.10 Å². The van der Waals surface area contributed by atoms with Gasteiger partial charge >= 0.3 is 5.97 Å². The molecule has 37 heavy (non-hydrogen) atoms. The van der Waals surface area contributed by atoms with Crippen molar-refractivity contribution in [1.82, 2.24) is 0 Å². The van der Waals surface area contributed by atoms with Crippen LogP contribution in [0.15, 0.2) is 0 Å². The van der Waals surface area contributed by atoms with Crippen molar-refractivity contribution >= 4 is 11.9 Å². The lowest BCUT2D eigenvalue weighted by Crippen LogP contribution is -2.45. The number of carboxylic acids is 1. The largest absolute Gasteiger partial charge is 0.550 e. The summed E-state index contributed by atoms with van der Waals surface area (Å²) in [6, 6.07) is 0. The molecule has 0 bridgehead atoms. The SMILES string of the molecule is CCCCCCCCCC(C)CCCCCCCCCCCCCC(=O)OC(CC(=O)[O-])C[N+](C)(C)C. The van der Waals surface area contributed by atoms with E-state index in [-0.39, 0.29) is 12.4 Å². The average Bonchev–Trinajstić information content (AvgIpc) is 2.79. The highest BCUT2D eigenvalue weighted by Crippen LogP contribution is 2.19. The van der Waals surface area contributed by atoms with Crippen molar-refractivity contribution in [2.45, 2.75) is 161 Å². The highest BCUT2D eigenvalue weighted by Gasteiger charge is 2.22. The summed E-state index contributed by atoms with van der Waals surface area (Å²) in [5.41, 5.74) is 0. The van der Waals surface area contributed by atoms with Crippen LogP contribution >= 0.6 is 0 Å². The summed E-state index contributed by atoms with van der Waals surface area (Å²) in [4.78, 5) is 23.0. The third-order valence-electron chi connectivity index (χ3n) is 7.32. The number of likely N-dealkylation sites (N-methyl/N-ethyl adjacent to an activating group) is 1. The molecule has 0 fully saturated rings. The molecule has 0 aliphatic rings. The number of unbranched alkanes of at least 4 members (excludes halogenated alkanes) is 16. The van der Waals surface area contributed by atoms with Crippen molar-refractivity contribution in [3.05, 3.63) is 0 Å². The van der Waals surface area contributed by atoms with Gasteiger partial charge in [-0.1, -0.05) is 136 Å². The normalized spacial score (nSPS) is 13.4. The van der Waals surface area contributed by atoms with Crippen LogP contribution in [0.25, 0.3) is 0 Å². The monoisotopic (exact) mass is 525 g/mol. The molecule has 0 saturated carbocycles. The molecule has 0 N–H and O–H groups in total. The van der Waals surface area contributed by atoms with Gasteiger partial charge in [0.1, 0.15) is 6.54 Å². The molecule has 0 heterocycles. The van der Waals surface area contributed by atoms with E-state index in [2.05, 4.69) is 13.8 Å². The maximum atomic E-state index is 12.1. The Labute approximate surface area is 230 Å². The van der Waals surface area contributed by atoms with Gasteiger partial charge < -0.3 is 19.1 Å². The van der Waals surface area contributed by atoms with Gasteiger partial charge in [0, 0.05) is 18.8 Å². The lowest BCUT2D eigenvalue weighted by Gasteiger charge is -2.29. The van der Waals surface area contributed by atoms with Gasteiger partial charge in [-0.3, -0.25) is 4.79 Å². The minimum atomic E-state index is -1.17. The fourth-order valence-corrected chi connectivity index (χ4v) is 5.13. The average molecular weight is 526 g/mol. The van der Waals surface area contributed by atoms with E-state index in [9.17, 15) is 14.7 Å². The van der Waals surface area contributed by atoms with E-state index in [4.69, 9.17) is 4.74 Å². The predicted octanol–water partition coefficient (Wildman–Crippen LogP) is 7.59. The zero-order valence-corrected chi connectivity index (χ0v) is 25.5. The zero-order chi connectivity index (χ0) is 27.8. The minimum Gasteiger partial charge on any atom is -0.550 e. The molecular formula is C32H63NO4. The topological polar surface area (TPSA) is 66.4 Å². The molecule has 0 aliphatic carbocycles. The van der Waals surface area contributed by atoms with Crippen LogP contribution in [-0.2, 0) is 14.3 Å². The first-order chi connectivity index (χ1) is 17.6. The van der Waals surface area contributed by atoms with Crippen molar-refractivity contribution in [2.24, 2.45) is 5.92 Å². The van der Waals surface area contributed by atoms with Crippen LogP contribution in [0.2, 0.25) is 0 Å². The number of hydrogen-bond acceptors (Lipinski definition) is 4. The first-order valence-electron chi connectivity index (χ1n) is 15.8.